The lowest BCUT2D eigenvalue weighted by Crippen LogP contribution is -2.13. The number of carbonyl (C=O) groups is 1. The van der Waals surface area contributed by atoms with E-state index in [1.807, 2.05) is 32.3 Å². The van der Waals surface area contributed by atoms with Crippen LogP contribution in [0.2, 0.25) is 0 Å². The molecule has 3 heterocycles. The first-order chi connectivity index (χ1) is 11.0. The Labute approximate surface area is 142 Å². The van der Waals surface area contributed by atoms with E-state index in [1.165, 1.54) is 11.3 Å². The molecule has 0 unspecified atom stereocenters. The number of ketones is 1. The van der Waals surface area contributed by atoms with Crippen LogP contribution >= 0.6 is 22.7 Å². The first kappa shape index (κ1) is 15.9. The third-order valence-corrected chi connectivity index (χ3v) is 5.27. The molecule has 0 amide bonds. The van der Waals surface area contributed by atoms with Crippen LogP contribution in [0, 0.1) is 13.8 Å². The maximum Gasteiger partial charge on any atom is 0.161 e. The Kier molecular flexibility index (Phi) is 4.63. The standard InChI is InChI=1S/C15H17N5OS2/c1-4-11-6-20(19-18-11)7-12(21)5-14-17-13(8-22-14)15-9(2)16-10(3)23-15/h6,8H,4-5,7H2,1-3H3. The van der Waals surface area contributed by atoms with Gasteiger partial charge in [-0.3, -0.25) is 4.79 Å². The van der Waals surface area contributed by atoms with Gasteiger partial charge in [-0.15, -0.1) is 27.8 Å². The molecule has 120 valence electrons. The molecular formula is C15H17N5OS2. The van der Waals surface area contributed by atoms with Gasteiger partial charge in [0.15, 0.2) is 5.78 Å². The van der Waals surface area contributed by atoms with Gasteiger partial charge < -0.3 is 0 Å². The number of hydrogen-bond donors (Lipinski definition) is 0. The van der Waals surface area contributed by atoms with E-state index in [2.05, 4.69) is 20.3 Å². The minimum Gasteiger partial charge on any atom is -0.297 e. The van der Waals surface area contributed by atoms with E-state index < -0.39 is 0 Å². The van der Waals surface area contributed by atoms with Crippen LogP contribution in [0.3, 0.4) is 0 Å². The molecule has 0 bridgehead atoms. The van der Waals surface area contributed by atoms with Crippen molar-refractivity contribution in [1.29, 1.82) is 0 Å². The van der Waals surface area contributed by atoms with Crippen LogP contribution in [0.4, 0.5) is 0 Å². The molecule has 0 saturated carbocycles. The number of rotatable bonds is 6. The van der Waals surface area contributed by atoms with Gasteiger partial charge in [0.2, 0.25) is 0 Å². The van der Waals surface area contributed by atoms with Crippen molar-refractivity contribution >= 4 is 28.5 Å². The second-order valence-electron chi connectivity index (χ2n) is 5.25. The molecule has 3 rings (SSSR count). The van der Waals surface area contributed by atoms with Crippen molar-refractivity contribution in [2.75, 3.05) is 0 Å². The first-order valence-electron chi connectivity index (χ1n) is 7.34. The molecule has 0 aliphatic rings. The van der Waals surface area contributed by atoms with Crippen molar-refractivity contribution in [1.82, 2.24) is 25.0 Å². The van der Waals surface area contributed by atoms with E-state index in [-0.39, 0.29) is 12.3 Å². The fraction of sp³-hybridized carbons (Fsp3) is 0.400. The number of carbonyl (C=O) groups excluding carboxylic acids is 1. The molecular weight excluding hydrogens is 330 g/mol. The minimum absolute atomic E-state index is 0.0793. The average Bonchev–Trinajstić information content (AvgIpc) is 3.19. The molecule has 0 aromatic carbocycles. The SMILES string of the molecule is CCc1cn(CC(=O)Cc2nc(-c3sc(C)nc3C)cs2)nn1. The summed E-state index contributed by atoms with van der Waals surface area (Å²) in [6.45, 7) is 6.22. The summed E-state index contributed by atoms with van der Waals surface area (Å²) in [6.07, 6.45) is 2.95. The maximum absolute atomic E-state index is 12.2. The molecule has 6 nitrogen and oxygen atoms in total. The second-order valence-corrected chi connectivity index (χ2v) is 7.40. The number of aryl methyl sites for hydroxylation is 3. The molecule has 0 radical (unpaired) electrons. The second kappa shape index (κ2) is 6.67. The van der Waals surface area contributed by atoms with E-state index in [9.17, 15) is 4.79 Å². The van der Waals surface area contributed by atoms with Crippen LogP contribution in [-0.4, -0.2) is 30.7 Å². The van der Waals surface area contributed by atoms with E-state index >= 15 is 0 Å². The summed E-state index contributed by atoms with van der Waals surface area (Å²) >= 11 is 3.15. The molecule has 3 aromatic heterocycles. The molecule has 0 aliphatic carbocycles. The van der Waals surface area contributed by atoms with Crippen molar-refractivity contribution in [3.05, 3.63) is 33.0 Å². The Morgan fingerprint density at radius 1 is 1.30 bits per heavy atom. The number of nitrogens with zero attached hydrogens (tertiary/aromatic N) is 5. The lowest BCUT2D eigenvalue weighted by atomic mass is 10.3. The van der Waals surface area contributed by atoms with Gasteiger partial charge in [-0.25, -0.2) is 14.6 Å². The van der Waals surface area contributed by atoms with Gasteiger partial charge in [-0.05, 0) is 20.3 Å². The number of aromatic nitrogens is 5. The fourth-order valence-electron chi connectivity index (χ4n) is 2.25. The molecule has 0 spiro atoms. The van der Waals surface area contributed by atoms with Crippen LogP contribution in [0.15, 0.2) is 11.6 Å². The molecule has 0 N–H and O–H groups in total. The van der Waals surface area contributed by atoms with Gasteiger partial charge in [0.1, 0.15) is 11.6 Å². The Bertz CT molecular complexity index is 833. The van der Waals surface area contributed by atoms with Crippen LogP contribution in [0.25, 0.3) is 10.6 Å². The van der Waals surface area contributed by atoms with Gasteiger partial charge in [-0.1, -0.05) is 12.1 Å². The molecule has 8 heteroatoms. The van der Waals surface area contributed by atoms with Crippen molar-refractivity contribution in [3.8, 4) is 10.6 Å². The summed E-state index contributed by atoms with van der Waals surface area (Å²) in [4.78, 5) is 22.3. The highest BCUT2D eigenvalue weighted by molar-refractivity contribution is 7.16. The molecule has 0 atom stereocenters. The molecule has 0 fully saturated rings. The summed E-state index contributed by atoms with van der Waals surface area (Å²) in [5.74, 6) is 0.0793. The predicted octanol–water partition coefficient (Wildman–Crippen LogP) is 2.85. The van der Waals surface area contributed by atoms with Crippen LogP contribution in [0.5, 0.6) is 0 Å². The third kappa shape index (κ3) is 3.70. The minimum atomic E-state index is 0.0793. The lowest BCUT2D eigenvalue weighted by molar-refractivity contribution is -0.119. The van der Waals surface area contributed by atoms with Gasteiger partial charge in [0.25, 0.3) is 0 Å². The maximum atomic E-state index is 12.2. The predicted molar refractivity (Wildman–Crippen MR) is 90.8 cm³/mol. The Balaban J connectivity index is 1.66. The molecule has 0 saturated heterocycles. The lowest BCUT2D eigenvalue weighted by Gasteiger charge is -1.98. The summed E-state index contributed by atoms with van der Waals surface area (Å²) in [7, 11) is 0. The van der Waals surface area contributed by atoms with Crippen LogP contribution in [0.1, 0.15) is 28.3 Å². The van der Waals surface area contributed by atoms with E-state index in [4.69, 9.17) is 0 Å². The summed E-state index contributed by atoms with van der Waals surface area (Å²) in [5.41, 5.74) is 2.80. The van der Waals surface area contributed by atoms with E-state index in [1.54, 1.807) is 16.0 Å². The highest BCUT2D eigenvalue weighted by Crippen LogP contribution is 2.30. The zero-order valence-corrected chi connectivity index (χ0v) is 14.9. The number of Topliss-reactive ketones (excluding diaryl/α,β-unsaturated/α-hetero) is 1. The zero-order valence-electron chi connectivity index (χ0n) is 13.2. The fourth-order valence-corrected chi connectivity index (χ4v) is 4.02. The Hall–Kier alpha value is -1.93. The summed E-state index contributed by atoms with van der Waals surface area (Å²) < 4.78 is 1.59. The highest BCUT2D eigenvalue weighted by Gasteiger charge is 2.14. The molecule has 3 aromatic rings. The first-order valence-corrected chi connectivity index (χ1v) is 9.04. The monoisotopic (exact) mass is 347 g/mol. The van der Waals surface area contributed by atoms with Crippen LogP contribution in [-0.2, 0) is 24.2 Å². The van der Waals surface area contributed by atoms with Crippen molar-refractivity contribution in [2.24, 2.45) is 0 Å². The largest absolute Gasteiger partial charge is 0.297 e. The average molecular weight is 347 g/mol. The van der Waals surface area contributed by atoms with Gasteiger partial charge in [-0.2, -0.15) is 0 Å². The van der Waals surface area contributed by atoms with E-state index in [0.29, 0.717) is 6.42 Å². The van der Waals surface area contributed by atoms with Crippen molar-refractivity contribution in [2.45, 2.75) is 40.2 Å². The van der Waals surface area contributed by atoms with Gasteiger partial charge in [0, 0.05) is 11.6 Å². The smallest absolute Gasteiger partial charge is 0.161 e. The Morgan fingerprint density at radius 3 is 2.78 bits per heavy atom. The van der Waals surface area contributed by atoms with Crippen molar-refractivity contribution < 1.29 is 4.79 Å². The highest BCUT2D eigenvalue weighted by atomic mass is 32.1. The summed E-state index contributed by atoms with van der Waals surface area (Å²) in [6, 6.07) is 0. The van der Waals surface area contributed by atoms with Crippen LogP contribution < -0.4 is 0 Å². The summed E-state index contributed by atoms with van der Waals surface area (Å²) in [5, 5.41) is 11.8. The molecule has 23 heavy (non-hydrogen) atoms. The normalized spacial score (nSPS) is 11.1. The topological polar surface area (TPSA) is 73.6 Å². The molecule has 0 aliphatic heterocycles. The van der Waals surface area contributed by atoms with Gasteiger partial charge in [0.05, 0.1) is 33.4 Å². The zero-order chi connectivity index (χ0) is 16.4. The van der Waals surface area contributed by atoms with Gasteiger partial charge >= 0.3 is 0 Å². The number of hydrogen-bond acceptors (Lipinski definition) is 7. The van der Waals surface area contributed by atoms with E-state index in [0.717, 1.165) is 38.4 Å². The third-order valence-electron chi connectivity index (χ3n) is 3.32. The Morgan fingerprint density at radius 2 is 2.13 bits per heavy atom. The quantitative estimate of drug-likeness (QED) is 0.685. The van der Waals surface area contributed by atoms with Crippen molar-refractivity contribution in [3.63, 3.8) is 0 Å². The number of thiazole rings is 2.